The van der Waals surface area contributed by atoms with Crippen LogP contribution in [-0.4, -0.2) is 43.8 Å². The van der Waals surface area contributed by atoms with Gasteiger partial charge >= 0.3 is 0 Å². The normalized spacial score (nSPS) is 14.6. The number of carbonyl (C=O) groups is 2. The van der Waals surface area contributed by atoms with E-state index in [1.807, 2.05) is 39.0 Å². The Bertz CT molecular complexity index is 1450. The van der Waals surface area contributed by atoms with Crippen molar-refractivity contribution in [1.82, 2.24) is 10.2 Å². The molecule has 0 saturated heterocycles. The van der Waals surface area contributed by atoms with Crippen LogP contribution in [0.5, 0.6) is 0 Å². The number of carbonyl (C=O) groups excluding carboxylic acids is 2. The Balaban J connectivity index is 1.55. The second-order valence-electron chi connectivity index (χ2n) is 9.62. The predicted octanol–water partition coefficient (Wildman–Crippen LogP) is 5.77. The monoisotopic (exact) mass is 575 g/mol. The van der Waals surface area contributed by atoms with Crippen LogP contribution in [0.1, 0.15) is 45.6 Å². The minimum absolute atomic E-state index is 0.0475. The Morgan fingerprint density at radius 1 is 1.00 bits per heavy atom. The van der Waals surface area contributed by atoms with Crippen molar-refractivity contribution >= 4 is 61.5 Å². The molecule has 3 aromatic rings. The maximum atomic E-state index is 13.6. The Labute approximate surface area is 233 Å². The number of sulfonamides is 1. The molecule has 0 saturated carbocycles. The minimum atomic E-state index is -3.71. The zero-order valence-corrected chi connectivity index (χ0v) is 23.9. The van der Waals surface area contributed by atoms with Gasteiger partial charge in [-0.2, -0.15) is 0 Å². The molecule has 4 rings (SSSR count). The van der Waals surface area contributed by atoms with E-state index < -0.39 is 16.1 Å². The van der Waals surface area contributed by atoms with Gasteiger partial charge in [0.05, 0.1) is 10.6 Å². The van der Waals surface area contributed by atoms with Crippen LogP contribution >= 0.6 is 23.2 Å². The van der Waals surface area contributed by atoms with Crippen LogP contribution in [0.4, 0.5) is 5.69 Å². The highest BCUT2D eigenvalue weighted by Crippen LogP contribution is 2.42. The summed E-state index contributed by atoms with van der Waals surface area (Å²) < 4.78 is 27.9. The Hall–Kier alpha value is -2.81. The van der Waals surface area contributed by atoms with Gasteiger partial charge in [0.2, 0.25) is 11.8 Å². The third-order valence-corrected chi connectivity index (χ3v) is 9.20. The molecule has 0 radical (unpaired) electrons. The first kappa shape index (κ1) is 28.2. The van der Waals surface area contributed by atoms with Gasteiger partial charge in [-0.05, 0) is 56.3 Å². The molecule has 38 heavy (non-hydrogen) atoms. The second kappa shape index (κ2) is 11.5. The van der Waals surface area contributed by atoms with Crippen molar-refractivity contribution in [2.24, 2.45) is 0 Å². The van der Waals surface area contributed by atoms with E-state index in [1.54, 1.807) is 36.4 Å². The van der Waals surface area contributed by atoms with Crippen LogP contribution in [0.3, 0.4) is 0 Å². The average Bonchev–Trinajstić information content (AvgIpc) is 3.08. The van der Waals surface area contributed by atoms with Gasteiger partial charge in [-0.15, -0.1) is 0 Å². The number of rotatable bonds is 10. The van der Waals surface area contributed by atoms with Gasteiger partial charge in [0, 0.05) is 46.5 Å². The minimum Gasteiger partial charge on any atom is -0.352 e. The quantitative estimate of drug-likeness (QED) is 0.332. The van der Waals surface area contributed by atoms with E-state index in [9.17, 15) is 18.0 Å². The highest BCUT2D eigenvalue weighted by molar-refractivity contribution is 7.93. The van der Waals surface area contributed by atoms with Crippen LogP contribution in [0.25, 0.3) is 10.8 Å². The molecule has 0 unspecified atom stereocenters. The predicted molar refractivity (Wildman–Crippen MR) is 152 cm³/mol. The third kappa shape index (κ3) is 5.48. The maximum Gasteiger partial charge on any atom is 0.265 e. The fourth-order valence-electron chi connectivity index (χ4n) is 4.87. The molecule has 0 bridgehead atoms. The first-order valence-corrected chi connectivity index (χ1v) is 14.8. The summed E-state index contributed by atoms with van der Waals surface area (Å²) >= 11 is 12.8. The fourth-order valence-corrected chi connectivity index (χ4v) is 7.14. The van der Waals surface area contributed by atoms with Crippen molar-refractivity contribution in [3.63, 3.8) is 0 Å². The highest BCUT2D eigenvalue weighted by Gasteiger charge is 2.36. The molecule has 1 aliphatic rings. The van der Waals surface area contributed by atoms with Gasteiger partial charge in [0.15, 0.2) is 0 Å². The molecule has 0 aliphatic carbocycles. The Morgan fingerprint density at radius 2 is 1.63 bits per heavy atom. The van der Waals surface area contributed by atoms with Crippen LogP contribution < -0.4 is 9.62 Å². The summed E-state index contributed by atoms with van der Waals surface area (Å²) in [6.45, 7) is 5.76. The molecule has 0 spiro atoms. The van der Waals surface area contributed by atoms with E-state index in [0.29, 0.717) is 33.1 Å². The van der Waals surface area contributed by atoms with Crippen molar-refractivity contribution in [3.05, 3.63) is 70.2 Å². The van der Waals surface area contributed by atoms with Crippen LogP contribution in [0.15, 0.2) is 59.5 Å². The van der Waals surface area contributed by atoms with E-state index in [4.69, 9.17) is 23.2 Å². The van der Waals surface area contributed by atoms with E-state index in [-0.39, 0.29) is 48.7 Å². The molecule has 0 fully saturated rings. The Kier molecular flexibility index (Phi) is 8.55. The van der Waals surface area contributed by atoms with Gasteiger partial charge in [0.25, 0.3) is 10.0 Å². The number of hydrogen-bond acceptors (Lipinski definition) is 4. The molecule has 7 nitrogen and oxygen atoms in total. The number of halogens is 2. The lowest BCUT2D eigenvalue weighted by molar-refractivity contribution is -0.141. The van der Waals surface area contributed by atoms with E-state index in [0.717, 1.165) is 5.39 Å². The van der Waals surface area contributed by atoms with Crippen molar-refractivity contribution in [2.45, 2.75) is 63.6 Å². The lowest BCUT2D eigenvalue weighted by atomic mass is 10.1. The number of hydrogen-bond donors (Lipinski definition) is 1. The van der Waals surface area contributed by atoms with E-state index in [2.05, 4.69) is 5.32 Å². The van der Waals surface area contributed by atoms with E-state index in [1.165, 1.54) is 9.21 Å². The smallest absolute Gasteiger partial charge is 0.265 e. The average molecular weight is 577 g/mol. The van der Waals surface area contributed by atoms with E-state index >= 15 is 0 Å². The number of nitrogens with one attached hydrogen (secondary N) is 1. The van der Waals surface area contributed by atoms with Crippen LogP contribution in [0.2, 0.25) is 10.0 Å². The van der Waals surface area contributed by atoms with Crippen molar-refractivity contribution in [3.8, 4) is 0 Å². The van der Waals surface area contributed by atoms with Gasteiger partial charge in [-0.25, -0.2) is 8.42 Å². The number of anilines is 1. The highest BCUT2D eigenvalue weighted by atomic mass is 35.5. The SMILES string of the molecule is CC[C@@H](C(=O)NC(C)C)N(Cc1c(Cl)cccc1Cl)C(=O)CCCN1c2cccc3cccc(c23)S1(=O)=O. The van der Waals surface area contributed by atoms with Gasteiger partial charge in [-0.3, -0.25) is 13.9 Å². The maximum absolute atomic E-state index is 13.6. The first-order chi connectivity index (χ1) is 18.1. The van der Waals surface area contributed by atoms with Crippen LogP contribution in [0, 0.1) is 0 Å². The van der Waals surface area contributed by atoms with Crippen molar-refractivity contribution in [2.75, 3.05) is 10.8 Å². The third-order valence-electron chi connectivity index (χ3n) is 6.64. The Morgan fingerprint density at radius 3 is 2.26 bits per heavy atom. The molecule has 1 atom stereocenters. The molecule has 10 heteroatoms. The summed E-state index contributed by atoms with van der Waals surface area (Å²) in [6, 6.07) is 15.0. The lowest BCUT2D eigenvalue weighted by Crippen LogP contribution is -2.50. The van der Waals surface area contributed by atoms with Gasteiger partial charge < -0.3 is 10.2 Å². The molecule has 2 amide bonds. The zero-order chi connectivity index (χ0) is 27.6. The molecule has 1 heterocycles. The standard InChI is InChI=1S/C28H31Cl2N3O4S/c1-4-23(28(35)31-18(2)3)32(17-20-21(29)11-7-12-22(20)30)26(34)15-8-16-33-24-13-5-9-19-10-6-14-25(27(19)24)38(33,36)37/h5-7,9-14,18,23H,4,8,15-17H2,1-3H3,(H,31,35)/t23-/m0/s1. The second-order valence-corrected chi connectivity index (χ2v) is 12.3. The number of nitrogens with zero attached hydrogens (tertiary/aromatic N) is 2. The lowest BCUT2D eigenvalue weighted by Gasteiger charge is -2.32. The van der Waals surface area contributed by atoms with Crippen molar-refractivity contribution < 1.29 is 18.0 Å². The summed E-state index contributed by atoms with van der Waals surface area (Å²) in [5.74, 6) is -0.540. The summed E-state index contributed by atoms with van der Waals surface area (Å²) in [5, 5.41) is 5.26. The molecular weight excluding hydrogens is 545 g/mol. The summed E-state index contributed by atoms with van der Waals surface area (Å²) in [7, 11) is -3.71. The first-order valence-electron chi connectivity index (χ1n) is 12.6. The molecule has 202 valence electrons. The van der Waals surface area contributed by atoms with Gasteiger partial charge in [0.1, 0.15) is 6.04 Å². The fraction of sp³-hybridized carbons (Fsp3) is 0.357. The molecular formula is C28H31Cl2N3O4S. The zero-order valence-electron chi connectivity index (χ0n) is 21.6. The molecule has 1 N–H and O–H groups in total. The molecule has 3 aromatic carbocycles. The molecule has 1 aliphatic heterocycles. The summed E-state index contributed by atoms with van der Waals surface area (Å²) in [6.07, 6.45) is 0.716. The molecule has 0 aromatic heterocycles. The van der Waals surface area contributed by atoms with Crippen molar-refractivity contribution in [1.29, 1.82) is 0 Å². The topological polar surface area (TPSA) is 86.8 Å². The largest absolute Gasteiger partial charge is 0.352 e. The summed E-state index contributed by atoms with van der Waals surface area (Å²) in [4.78, 5) is 28.4. The summed E-state index contributed by atoms with van der Waals surface area (Å²) in [5.41, 5.74) is 1.18. The van der Waals surface area contributed by atoms with Gasteiger partial charge in [-0.1, -0.05) is 60.5 Å². The van der Waals surface area contributed by atoms with Crippen LogP contribution in [-0.2, 0) is 26.2 Å². The number of amides is 2. The number of benzene rings is 3.